The van der Waals surface area contributed by atoms with E-state index in [1.165, 1.54) is 29.8 Å². The Labute approximate surface area is 175 Å². The summed E-state index contributed by atoms with van der Waals surface area (Å²) in [6.07, 6.45) is 6.52. The number of aromatic nitrogens is 4. The number of hydrogen-bond donors (Lipinski definition) is 0. The first-order valence-corrected chi connectivity index (χ1v) is 12.6. The van der Waals surface area contributed by atoms with Gasteiger partial charge in [-0.1, -0.05) is 18.6 Å². The number of rotatable bonds is 6. The van der Waals surface area contributed by atoms with Gasteiger partial charge in [-0.3, -0.25) is 4.31 Å². The average Bonchev–Trinajstić information content (AvgIpc) is 3.23. The van der Waals surface area contributed by atoms with Crippen molar-refractivity contribution < 1.29 is 8.42 Å². The molecule has 0 saturated heterocycles. The molecule has 0 atom stereocenters. The lowest BCUT2D eigenvalue weighted by Gasteiger charge is -2.20. The zero-order valence-electron chi connectivity index (χ0n) is 16.7. The van der Waals surface area contributed by atoms with E-state index in [2.05, 4.69) is 14.8 Å². The van der Waals surface area contributed by atoms with Gasteiger partial charge in [0.25, 0.3) is 0 Å². The Morgan fingerprint density at radius 2 is 1.93 bits per heavy atom. The molecule has 3 aromatic rings. The van der Waals surface area contributed by atoms with Crippen LogP contribution in [-0.2, 0) is 29.4 Å². The maximum Gasteiger partial charge on any atom is 0.232 e. The summed E-state index contributed by atoms with van der Waals surface area (Å²) in [5, 5.41) is 11.8. The molecule has 0 fully saturated rings. The van der Waals surface area contributed by atoms with Gasteiger partial charge in [-0.2, -0.15) is 0 Å². The highest BCUT2D eigenvalue weighted by Gasteiger charge is 2.17. The molecule has 7 nitrogen and oxygen atoms in total. The molecule has 9 heteroatoms. The fraction of sp³-hybridized carbons (Fsp3) is 0.450. The Morgan fingerprint density at radius 3 is 2.66 bits per heavy atom. The zero-order valence-corrected chi connectivity index (χ0v) is 18.3. The van der Waals surface area contributed by atoms with E-state index in [9.17, 15) is 8.42 Å². The molecular formula is C20H25N5O2S2. The van der Waals surface area contributed by atoms with Crippen molar-refractivity contribution in [3.8, 4) is 11.3 Å². The molecule has 3 heterocycles. The summed E-state index contributed by atoms with van der Waals surface area (Å²) in [6, 6.07) is 7.50. The maximum atomic E-state index is 11.9. The fourth-order valence-electron chi connectivity index (χ4n) is 3.74. The Hall–Kier alpha value is -2.26. The normalized spacial score (nSPS) is 14.4. The minimum absolute atomic E-state index is 0.404. The number of hydrogen-bond acceptors (Lipinski definition) is 6. The minimum atomic E-state index is -3.28. The van der Waals surface area contributed by atoms with Gasteiger partial charge in [-0.15, -0.1) is 21.5 Å². The second-order valence-corrected chi connectivity index (χ2v) is 10.1. The summed E-state index contributed by atoms with van der Waals surface area (Å²) in [4.78, 5) is 4.78. The number of benzene rings is 1. The molecule has 2 aromatic heterocycles. The van der Waals surface area contributed by atoms with Gasteiger partial charge in [-0.05, 0) is 31.9 Å². The van der Waals surface area contributed by atoms with Crippen molar-refractivity contribution in [3.05, 3.63) is 46.3 Å². The van der Waals surface area contributed by atoms with Crippen LogP contribution in [0.4, 0.5) is 5.69 Å². The molecule has 154 valence electrons. The van der Waals surface area contributed by atoms with Crippen molar-refractivity contribution in [2.24, 2.45) is 0 Å². The van der Waals surface area contributed by atoms with Crippen LogP contribution in [0.15, 0.2) is 29.6 Å². The number of sulfonamides is 1. The maximum absolute atomic E-state index is 11.9. The molecule has 0 saturated carbocycles. The van der Waals surface area contributed by atoms with Crippen LogP contribution in [0.5, 0.6) is 0 Å². The van der Waals surface area contributed by atoms with Crippen molar-refractivity contribution in [2.45, 2.75) is 45.6 Å². The van der Waals surface area contributed by atoms with Crippen LogP contribution in [0.3, 0.4) is 0 Å². The summed E-state index contributed by atoms with van der Waals surface area (Å²) in [5.41, 5.74) is 2.54. The largest absolute Gasteiger partial charge is 0.315 e. The molecule has 0 N–H and O–H groups in total. The molecular weight excluding hydrogens is 406 g/mol. The summed E-state index contributed by atoms with van der Waals surface area (Å²) >= 11 is 1.62. The fourth-order valence-corrected chi connectivity index (χ4v) is 5.52. The molecule has 1 aromatic carbocycles. The standard InChI is InChI=1S/C20H25N5O2S2/c1-3-25(29(2,26)27)16-10-8-15(9-11-16)17-14-28-20(21-17)13-19-23-22-18-7-5-4-6-12-24(18)19/h8-11,14H,3-7,12-13H2,1-2H3. The third-order valence-electron chi connectivity index (χ3n) is 5.19. The van der Waals surface area contributed by atoms with Crippen molar-refractivity contribution >= 4 is 27.0 Å². The lowest BCUT2D eigenvalue weighted by molar-refractivity contribution is 0.598. The lowest BCUT2D eigenvalue weighted by Crippen LogP contribution is -2.29. The minimum Gasteiger partial charge on any atom is -0.315 e. The van der Waals surface area contributed by atoms with Gasteiger partial charge in [0, 0.05) is 30.5 Å². The summed E-state index contributed by atoms with van der Waals surface area (Å²) in [6.45, 7) is 3.22. The van der Waals surface area contributed by atoms with Crippen molar-refractivity contribution in [1.82, 2.24) is 19.7 Å². The smallest absolute Gasteiger partial charge is 0.232 e. The van der Waals surface area contributed by atoms with Gasteiger partial charge in [0.05, 0.1) is 24.1 Å². The lowest BCUT2D eigenvalue weighted by atomic mass is 10.1. The molecule has 4 rings (SSSR count). The van der Waals surface area contributed by atoms with Gasteiger partial charge in [0.1, 0.15) is 16.7 Å². The summed E-state index contributed by atoms with van der Waals surface area (Å²) in [7, 11) is -3.28. The molecule has 0 amide bonds. The van der Waals surface area contributed by atoms with Crippen LogP contribution in [0.2, 0.25) is 0 Å². The molecule has 0 radical (unpaired) electrons. The highest BCUT2D eigenvalue weighted by atomic mass is 32.2. The zero-order chi connectivity index (χ0) is 20.4. The molecule has 0 aliphatic carbocycles. The van der Waals surface area contributed by atoms with Crippen molar-refractivity contribution in [1.29, 1.82) is 0 Å². The summed E-state index contributed by atoms with van der Waals surface area (Å²) in [5.74, 6) is 2.08. The Balaban J connectivity index is 1.52. The second-order valence-electron chi connectivity index (χ2n) is 7.27. The SMILES string of the molecule is CCN(c1ccc(-c2csc(Cc3nnc4n3CCCCC4)n2)cc1)S(C)(=O)=O. The van der Waals surface area contributed by atoms with E-state index < -0.39 is 10.0 Å². The van der Waals surface area contributed by atoms with Crippen LogP contribution in [0, 0.1) is 0 Å². The average molecular weight is 432 g/mol. The highest BCUT2D eigenvalue weighted by molar-refractivity contribution is 7.92. The van der Waals surface area contributed by atoms with Gasteiger partial charge in [-0.25, -0.2) is 13.4 Å². The molecule has 0 spiro atoms. The predicted octanol–water partition coefficient (Wildman–Crippen LogP) is 3.50. The first-order chi connectivity index (χ1) is 14.0. The van der Waals surface area contributed by atoms with E-state index in [1.54, 1.807) is 11.3 Å². The summed E-state index contributed by atoms with van der Waals surface area (Å²) < 4.78 is 27.4. The Kier molecular flexibility index (Phi) is 5.69. The van der Waals surface area contributed by atoms with E-state index in [-0.39, 0.29) is 0 Å². The topological polar surface area (TPSA) is 81.0 Å². The van der Waals surface area contributed by atoms with Gasteiger partial charge < -0.3 is 4.57 Å². The number of nitrogens with zero attached hydrogens (tertiary/aromatic N) is 5. The van der Waals surface area contributed by atoms with E-state index in [0.717, 1.165) is 40.9 Å². The molecule has 29 heavy (non-hydrogen) atoms. The van der Waals surface area contributed by atoms with E-state index >= 15 is 0 Å². The number of thiazole rings is 1. The number of anilines is 1. The third-order valence-corrected chi connectivity index (χ3v) is 7.30. The number of aryl methyl sites for hydroxylation is 1. The molecule has 0 bridgehead atoms. The van der Waals surface area contributed by atoms with Crippen molar-refractivity contribution in [3.63, 3.8) is 0 Å². The highest BCUT2D eigenvalue weighted by Crippen LogP contribution is 2.27. The van der Waals surface area contributed by atoms with E-state index in [1.807, 2.05) is 36.6 Å². The third kappa shape index (κ3) is 4.35. The van der Waals surface area contributed by atoms with Crippen LogP contribution >= 0.6 is 11.3 Å². The van der Waals surface area contributed by atoms with Crippen LogP contribution in [0.25, 0.3) is 11.3 Å². The quantitative estimate of drug-likeness (QED) is 0.597. The number of fused-ring (bicyclic) bond motifs is 1. The van der Waals surface area contributed by atoms with Crippen LogP contribution in [0.1, 0.15) is 42.8 Å². The first-order valence-electron chi connectivity index (χ1n) is 9.89. The van der Waals surface area contributed by atoms with E-state index in [4.69, 9.17) is 4.98 Å². The molecule has 1 aliphatic rings. The monoisotopic (exact) mass is 431 g/mol. The Morgan fingerprint density at radius 1 is 1.14 bits per heavy atom. The van der Waals surface area contributed by atoms with Crippen LogP contribution in [-0.4, -0.2) is 41.0 Å². The second kappa shape index (κ2) is 8.23. The van der Waals surface area contributed by atoms with Crippen molar-refractivity contribution in [2.75, 3.05) is 17.1 Å². The predicted molar refractivity (Wildman–Crippen MR) is 116 cm³/mol. The Bertz CT molecular complexity index is 1090. The molecule has 1 aliphatic heterocycles. The van der Waals surface area contributed by atoms with Gasteiger partial charge in [0.2, 0.25) is 10.0 Å². The first kappa shape index (κ1) is 20.0. The van der Waals surface area contributed by atoms with E-state index in [0.29, 0.717) is 18.7 Å². The van der Waals surface area contributed by atoms with Crippen LogP contribution < -0.4 is 4.31 Å². The van der Waals surface area contributed by atoms with Gasteiger partial charge in [0.15, 0.2) is 0 Å². The van der Waals surface area contributed by atoms with Gasteiger partial charge >= 0.3 is 0 Å². The molecule has 0 unspecified atom stereocenters.